The summed E-state index contributed by atoms with van der Waals surface area (Å²) in [6.07, 6.45) is 2.41. The van der Waals surface area contributed by atoms with Crippen molar-refractivity contribution in [1.82, 2.24) is 15.1 Å². The van der Waals surface area contributed by atoms with Crippen LogP contribution in [0.15, 0.2) is 45.8 Å². The lowest BCUT2D eigenvalue weighted by molar-refractivity contribution is 0.508. The Balaban J connectivity index is 2.14. The highest BCUT2D eigenvalue weighted by Gasteiger charge is 2.33. The maximum Gasteiger partial charge on any atom is 0.227 e. The normalized spacial score (nSPS) is 22.9. The van der Waals surface area contributed by atoms with Gasteiger partial charge in [-0.2, -0.15) is 9.78 Å². The van der Waals surface area contributed by atoms with Crippen LogP contribution in [-0.2, 0) is 0 Å². The minimum absolute atomic E-state index is 0.457. The van der Waals surface area contributed by atoms with E-state index in [1.807, 2.05) is 31.2 Å². The van der Waals surface area contributed by atoms with Gasteiger partial charge in [-0.05, 0) is 28.4 Å². The summed E-state index contributed by atoms with van der Waals surface area (Å²) in [6.45, 7) is 1.96. The van der Waals surface area contributed by atoms with Gasteiger partial charge in [0.1, 0.15) is 11.5 Å². The lowest BCUT2D eigenvalue weighted by Crippen LogP contribution is -2.49. The first kappa shape index (κ1) is 13.1. The van der Waals surface area contributed by atoms with E-state index >= 15 is 0 Å². The standard InChI is InChI=1S/C13H15BrN6/c1-2-13(16)10(14)11(15)18-12(19-13)20-9-6-4-3-5-8(9)7-17-20/h3-7H,2,15-16H2,1H3,(H,18,19). The van der Waals surface area contributed by atoms with E-state index in [1.165, 1.54) is 0 Å². The van der Waals surface area contributed by atoms with E-state index in [-0.39, 0.29) is 0 Å². The molecule has 0 bridgehead atoms. The Morgan fingerprint density at radius 3 is 2.90 bits per heavy atom. The molecule has 2 heterocycles. The van der Waals surface area contributed by atoms with Crippen LogP contribution in [0.1, 0.15) is 13.3 Å². The van der Waals surface area contributed by atoms with Gasteiger partial charge >= 0.3 is 0 Å². The van der Waals surface area contributed by atoms with Crippen molar-refractivity contribution in [2.75, 3.05) is 0 Å². The van der Waals surface area contributed by atoms with Gasteiger partial charge in [0.05, 0.1) is 16.2 Å². The SMILES string of the molecule is CCC1(N)N=C(n2ncc3ccccc32)NC(N)=C1Br. The third kappa shape index (κ3) is 1.90. The molecular formula is C13H15BrN6. The number of para-hydroxylation sites is 1. The summed E-state index contributed by atoms with van der Waals surface area (Å²) in [5, 5.41) is 8.41. The van der Waals surface area contributed by atoms with E-state index in [2.05, 4.69) is 31.3 Å². The van der Waals surface area contributed by atoms with Gasteiger partial charge in [-0.15, -0.1) is 0 Å². The number of rotatable bonds is 1. The number of aliphatic imine (C=N–C) groups is 1. The zero-order chi connectivity index (χ0) is 14.3. The molecule has 1 unspecified atom stereocenters. The number of nitrogens with two attached hydrogens (primary N) is 2. The highest BCUT2D eigenvalue weighted by atomic mass is 79.9. The number of hydrogen-bond donors (Lipinski definition) is 3. The molecule has 1 aliphatic rings. The third-order valence-electron chi connectivity index (χ3n) is 3.39. The fourth-order valence-corrected chi connectivity index (χ4v) is 2.62. The van der Waals surface area contributed by atoms with Crippen molar-refractivity contribution in [3.05, 3.63) is 40.8 Å². The molecule has 6 nitrogen and oxygen atoms in total. The Morgan fingerprint density at radius 2 is 2.15 bits per heavy atom. The molecule has 1 aliphatic heterocycles. The second kappa shape index (κ2) is 4.60. The Bertz CT molecular complexity index is 731. The first-order valence-electron chi connectivity index (χ1n) is 6.30. The van der Waals surface area contributed by atoms with E-state index in [0.29, 0.717) is 22.7 Å². The van der Waals surface area contributed by atoms with Crippen molar-refractivity contribution < 1.29 is 0 Å². The van der Waals surface area contributed by atoms with Crippen molar-refractivity contribution in [2.45, 2.75) is 19.0 Å². The van der Waals surface area contributed by atoms with Crippen molar-refractivity contribution >= 4 is 32.8 Å². The second-order valence-corrected chi connectivity index (χ2v) is 5.47. The van der Waals surface area contributed by atoms with Gasteiger partial charge in [-0.1, -0.05) is 25.1 Å². The summed E-state index contributed by atoms with van der Waals surface area (Å²) in [7, 11) is 0. The maximum absolute atomic E-state index is 6.28. The zero-order valence-electron chi connectivity index (χ0n) is 11.0. The van der Waals surface area contributed by atoms with Gasteiger partial charge in [0.25, 0.3) is 0 Å². The largest absolute Gasteiger partial charge is 0.384 e. The third-order valence-corrected chi connectivity index (χ3v) is 4.50. The minimum atomic E-state index is -0.863. The molecule has 0 amide bonds. The summed E-state index contributed by atoms with van der Waals surface area (Å²) in [4.78, 5) is 4.56. The highest BCUT2D eigenvalue weighted by molar-refractivity contribution is 9.11. The second-order valence-electron chi connectivity index (χ2n) is 4.68. The Hall–Kier alpha value is -1.86. The Morgan fingerprint density at radius 1 is 1.40 bits per heavy atom. The topological polar surface area (TPSA) is 94.2 Å². The molecule has 1 aromatic carbocycles. The summed E-state index contributed by atoms with van der Waals surface area (Å²) in [6, 6.07) is 7.89. The fourth-order valence-electron chi connectivity index (χ4n) is 2.15. The molecule has 0 aliphatic carbocycles. The Labute approximate surface area is 124 Å². The smallest absolute Gasteiger partial charge is 0.227 e. The van der Waals surface area contributed by atoms with Crippen LogP contribution >= 0.6 is 15.9 Å². The average molecular weight is 335 g/mol. The van der Waals surface area contributed by atoms with Crippen LogP contribution in [0, 0.1) is 0 Å². The van der Waals surface area contributed by atoms with Crippen LogP contribution in [0.25, 0.3) is 10.9 Å². The predicted molar refractivity (Wildman–Crippen MR) is 83.1 cm³/mol. The molecule has 2 aromatic rings. The van der Waals surface area contributed by atoms with Gasteiger partial charge in [-0.3, -0.25) is 0 Å². The summed E-state index contributed by atoms with van der Waals surface area (Å²) in [5.74, 6) is 0.982. The summed E-state index contributed by atoms with van der Waals surface area (Å²) < 4.78 is 2.37. The van der Waals surface area contributed by atoms with E-state index in [9.17, 15) is 0 Å². The molecule has 0 saturated heterocycles. The molecule has 3 rings (SSSR count). The Kier molecular flexibility index (Phi) is 3.02. The van der Waals surface area contributed by atoms with Crippen LogP contribution in [-0.4, -0.2) is 21.4 Å². The van der Waals surface area contributed by atoms with Crippen molar-refractivity contribution in [3.63, 3.8) is 0 Å². The van der Waals surface area contributed by atoms with Crippen LogP contribution < -0.4 is 16.8 Å². The number of nitrogens with one attached hydrogen (secondary N) is 1. The average Bonchev–Trinajstić information content (AvgIpc) is 2.88. The van der Waals surface area contributed by atoms with Gasteiger partial charge in [-0.25, -0.2) is 4.99 Å². The van der Waals surface area contributed by atoms with E-state index in [0.717, 1.165) is 10.9 Å². The molecule has 7 heteroatoms. The number of aromatic nitrogens is 2. The predicted octanol–water partition coefficient (Wildman–Crippen LogP) is 1.43. The van der Waals surface area contributed by atoms with Crippen molar-refractivity contribution in [2.24, 2.45) is 16.5 Å². The molecule has 1 atom stereocenters. The molecule has 0 radical (unpaired) electrons. The lowest BCUT2D eigenvalue weighted by Gasteiger charge is -2.30. The van der Waals surface area contributed by atoms with E-state index < -0.39 is 5.66 Å². The molecule has 0 spiro atoms. The number of benzene rings is 1. The molecule has 1 aromatic heterocycles. The van der Waals surface area contributed by atoms with Crippen LogP contribution in [0.4, 0.5) is 0 Å². The van der Waals surface area contributed by atoms with Gasteiger partial charge in [0.15, 0.2) is 0 Å². The molecule has 104 valence electrons. The van der Waals surface area contributed by atoms with Crippen LogP contribution in [0.3, 0.4) is 0 Å². The number of nitrogens with zero attached hydrogens (tertiary/aromatic N) is 3. The monoisotopic (exact) mass is 334 g/mol. The first-order chi connectivity index (χ1) is 9.55. The van der Waals surface area contributed by atoms with Crippen LogP contribution in [0.5, 0.6) is 0 Å². The van der Waals surface area contributed by atoms with Crippen molar-refractivity contribution in [1.29, 1.82) is 0 Å². The van der Waals surface area contributed by atoms with Gasteiger partial charge in [0, 0.05) is 5.39 Å². The lowest BCUT2D eigenvalue weighted by atomic mass is 10.1. The summed E-state index contributed by atoms with van der Waals surface area (Å²) >= 11 is 3.41. The molecule has 0 saturated carbocycles. The highest BCUT2D eigenvalue weighted by Crippen LogP contribution is 2.29. The number of halogens is 1. The fraction of sp³-hybridized carbons (Fsp3) is 0.231. The van der Waals surface area contributed by atoms with E-state index in [4.69, 9.17) is 11.5 Å². The molecule has 20 heavy (non-hydrogen) atoms. The minimum Gasteiger partial charge on any atom is -0.384 e. The van der Waals surface area contributed by atoms with Crippen molar-refractivity contribution in [3.8, 4) is 0 Å². The summed E-state index contributed by atoms with van der Waals surface area (Å²) in [5.41, 5.74) is 12.4. The maximum atomic E-state index is 6.28. The number of hydrogen-bond acceptors (Lipinski definition) is 5. The van der Waals surface area contributed by atoms with Gasteiger partial charge in [0.2, 0.25) is 5.96 Å². The molecular weight excluding hydrogens is 320 g/mol. The quantitative estimate of drug-likeness (QED) is 0.735. The number of fused-ring (bicyclic) bond motifs is 1. The van der Waals surface area contributed by atoms with E-state index in [1.54, 1.807) is 10.9 Å². The van der Waals surface area contributed by atoms with Crippen LogP contribution in [0.2, 0.25) is 0 Å². The zero-order valence-corrected chi connectivity index (χ0v) is 12.6. The molecule has 5 N–H and O–H groups in total. The first-order valence-corrected chi connectivity index (χ1v) is 7.09. The van der Waals surface area contributed by atoms with Gasteiger partial charge < -0.3 is 16.8 Å². The molecule has 0 fully saturated rings.